The third-order valence-corrected chi connectivity index (χ3v) is 23.2. The van der Waals surface area contributed by atoms with Crippen molar-refractivity contribution in [2.24, 2.45) is 0 Å². The van der Waals surface area contributed by atoms with Crippen LogP contribution in [-0.4, -0.2) is 0 Å². The summed E-state index contributed by atoms with van der Waals surface area (Å²) in [6.45, 7) is 9.59. The number of fused-ring (bicyclic) bond motifs is 18. The molecule has 16 aromatic rings. The van der Waals surface area contributed by atoms with Crippen LogP contribution in [0.4, 0.5) is 34.1 Å². The quantitative estimate of drug-likeness (QED) is 0.133. The van der Waals surface area contributed by atoms with Crippen LogP contribution in [0.25, 0.3) is 87.6 Å². The van der Waals surface area contributed by atoms with Gasteiger partial charge in [0.15, 0.2) is 0 Å². The molecule has 4 aliphatic carbocycles. The van der Waals surface area contributed by atoms with Crippen LogP contribution in [0.2, 0.25) is 0 Å². The van der Waals surface area contributed by atoms with Crippen LogP contribution < -0.4 is 9.80 Å². The monoisotopic (exact) mass is 1250 g/mol. The van der Waals surface area contributed by atoms with Crippen LogP contribution in [0.1, 0.15) is 83.3 Å². The maximum Gasteiger partial charge on any atom is 0.0642 e. The van der Waals surface area contributed by atoms with Crippen molar-refractivity contribution in [3.05, 3.63) is 395 Å². The molecule has 2 nitrogen and oxygen atoms in total. The number of nitrogens with zero attached hydrogens (tertiary/aromatic N) is 2. The van der Waals surface area contributed by atoms with Crippen molar-refractivity contribution in [2.45, 2.75) is 49.4 Å². The molecule has 0 bridgehead atoms. The molecular weight excluding hydrogens is 1180 g/mol. The summed E-state index contributed by atoms with van der Waals surface area (Å²) in [7, 11) is 0. The van der Waals surface area contributed by atoms with E-state index in [9.17, 15) is 0 Å². The highest BCUT2D eigenvalue weighted by Crippen LogP contribution is 2.71. The number of benzene rings is 16. The lowest BCUT2D eigenvalue weighted by Gasteiger charge is -2.51. The summed E-state index contributed by atoms with van der Waals surface area (Å²) in [4.78, 5) is 5.12. The predicted octanol–water partition coefficient (Wildman–Crippen LogP) is 25.2. The van der Waals surface area contributed by atoms with Gasteiger partial charge in [-0.05, 0) is 216 Å². The van der Waals surface area contributed by atoms with Crippen molar-refractivity contribution in [2.75, 3.05) is 9.80 Å². The highest BCUT2D eigenvalue weighted by Gasteiger charge is 2.64. The largest absolute Gasteiger partial charge is 0.310 e. The van der Waals surface area contributed by atoms with Gasteiger partial charge in [0.1, 0.15) is 0 Å². The topological polar surface area (TPSA) is 6.48 Å². The van der Waals surface area contributed by atoms with E-state index >= 15 is 0 Å². The molecule has 0 saturated heterocycles. The van der Waals surface area contributed by atoms with Gasteiger partial charge in [-0.3, -0.25) is 0 Å². The molecule has 2 heteroatoms. The molecule has 0 amide bonds. The van der Waals surface area contributed by atoms with Crippen LogP contribution in [0.5, 0.6) is 0 Å². The van der Waals surface area contributed by atoms with E-state index in [1.807, 2.05) is 0 Å². The Bertz CT molecular complexity index is 5660. The fourth-order valence-electron chi connectivity index (χ4n) is 18.9. The molecular formula is C96H68N2. The Morgan fingerprint density at radius 3 is 0.827 bits per heavy atom. The van der Waals surface area contributed by atoms with E-state index in [1.54, 1.807) is 0 Å². The van der Waals surface area contributed by atoms with Crippen molar-refractivity contribution in [3.63, 3.8) is 0 Å². The van der Waals surface area contributed by atoms with Gasteiger partial charge in [0.2, 0.25) is 0 Å². The minimum atomic E-state index is -0.902. The van der Waals surface area contributed by atoms with Gasteiger partial charge < -0.3 is 9.80 Å². The Balaban J connectivity index is 0.882. The molecule has 0 N–H and O–H groups in total. The smallest absolute Gasteiger partial charge is 0.0642 e. The lowest BCUT2D eigenvalue weighted by molar-refractivity contribution is 0.437. The van der Waals surface area contributed by atoms with Gasteiger partial charge in [-0.25, -0.2) is 0 Å². The minimum absolute atomic E-state index is 0.222. The molecule has 16 aromatic carbocycles. The SMILES string of the molecule is CC1(C)c2ccccc2-c2ccc(N(c3ccc4c(c3)C(c3ccccc3)(C3(c5ccccc5)c5ccccc5-c5ccc(N(c6ccc7c(c6)C(C)(C)c6ccccc6-7)c6ccc7ccc8ccccc8c7c6)cc53)c3ccccc3-4)c3ccc4ccc5ccccc5c4c3)cc21. The van der Waals surface area contributed by atoms with Crippen LogP contribution in [0, 0.1) is 0 Å². The van der Waals surface area contributed by atoms with Crippen molar-refractivity contribution >= 4 is 77.2 Å². The molecule has 2 atom stereocenters. The Morgan fingerprint density at radius 2 is 0.439 bits per heavy atom. The van der Waals surface area contributed by atoms with Gasteiger partial charge in [0.25, 0.3) is 0 Å². The zero-order chi connectivity index (χ0) is 65.2. The Kier molecular flexibility index (Phi) is 12.0. The summed E-state index contributed by atoms with van der Waals surface area (Å²) in [5.41, 5.74) is 27.4. The van der Waals surface area contributed by atoms with E-state index in [4.69, 9.17) is 0 Å². The second-order valence-corrected chi connectivity index (χ2v) is 28.6. The molecule has 0 fully saturated rings. The zero-order valence-corrected chi connectivity index (χ0v) is 55.2. The van der Waals surface area contributed by atoms with Crippen molar-refractivity contribution < 1.29 is 0 Å². The lowest BCUT2D eigenvalue weighted by atomic mass is 9.49. The van der Waals surface area contributed by atoms with Crippen molar-refractivity contribution in [1.82, 2.24) is 0 Å². The lowest BCUT2D eigenvalue weighted by Crippen LogP contribution is -2.50. The molecule has 462 valence electrons. The molecule has 4 aliphatic rings. The number of rotatable bonds is 9. The number of hydrogen-bond acceptors (Lipinski definition) is 2. The highest BCUT2D eigenvalue weighted by atomic mass is 15.1. The summed E-state index contributed by atoms with van der Waals surface area (Å²) in [6.07, 6.45) is 0. The fraction of sp³-hybridized carbons (Fsp3) is 0.0833. The van der Waals surface area contributed by atoms with Gasteiger partial charge in [-0.15, -0.1) is 0 Å². The van der Waals surface area contributed by atoms with Crippen molar-refractivity contribution in [3.8, 4) is 44.5 Å². The van der Waals surface area contributed by atoms with E-state index < -0.39 is 10.8 Å². The number of hydrogen-bond donors (Lipinski definition) is 0. The van der Waals surface area contributed by atoms with Crippen LogP contribution in [0.15, 0.2) is 340 Å². The molecule has 98 heavy (non-hydrogen) atoms. The van der Waals surface area contributed by atoms with E-state index in [1.165, 1.54) is 143 Å². The fourth-order valence-corrected chi connectivity index (χ4v) is 18.9. The summed E-state index contributed by atoms with van der Waals surface area (Å²) in [6, 6.07) is 130. The third-order valence-electron chi connectivity index (χ3n) is 23.2. The Labute approximate surface area is 572 Å². The summed E-state index contributed by atoms with van der Waals surface area (Å²) < 4.78 is 0. The summed E-state index contributed by atoms with van der Waals surface area (Å²) >= 11 is 0. The zero-order valence-electron chi connectivity index (χ0n) is 55.2. The second-order valence-electron chi connectivity index (χ2n) is 28.6. The van der Waals surface area contributed by atoms with E-state index in [0.717, 1.165) is 34.1 Å². The van der Waals surface area contributed by atoms with Gasteiger partial charge in [0, 0.05) is 45.0 Å². The van der Waals surface area contributed by atoms with Crippen LogP contribution in [0.3, 0.4) is 0 Å². The van der Waals surface area contributed by atoms with E-state index in [-0.39, 0.29) is 10.8 Å². The first-order valence-corrected chi connectivity index (χ1v) is 34.6. The van der Waals surface area contributed by atoms with Crippen molar-refractivity contribution in [1.29, 1.82) is 0 Å². The normalized spacial score (nSPS) is 16.8. The molecule has 0 spiro atoms. The molecule has 0 aliphatic heterocycles. The van der Waals surface area contributed by atoms with Gasteiger partial charge in [-0.1, -0.05) is 295 Å². The first-order chi connectivity index (χ1) is 48.1. The third kappa shape index (κ3) is 7.69. The predicted molar refractivity (Wildman–Crippen MR) is 411 cm³/mol. The maximum absolute atomic E-state index is 2.61. The molecule has 20 rings (SSSR count). The van der Waals surface area contributed by atoms with Crippen LogP contribution in [-0.2, 0) is 21.7 Å². The Morgan fingerprint density at radius 1 is 0.184 bits per heavy atom. The average molecular weight is 1250 g/mol. The van der Waals surface area contributed by atoms with Crippen LogP contribution >= 0.6 is 0 Å². The van der Waals surface area contributed by atoms with Gasteiger partial charge >= 0.3 is 0 Å². The summed E-state index contributed by atoms with van der Waals surface area (Å²) in [5.74, 6) is 0. The second kappa shape index (κ2) is 20.8. The van der Waals surface area contributed by atoms with Gasteiger partial charge in [0.05, 0.1) is 10.8 Å². The standard InChI is InChI=1S/C96H68N2/c1-93(2)85-35-19-15-31-75(85)79-51-47-69(57-89(79)93)97(67-45-43-63-41-39-61-23-11-13-29-73(61)83(63)55-67)71-49-53-81-77-33-17-21-37-87(77)95(91(81)59-71,65-25-7-5-8-26-65)96(66-27-9-6-10-28-66)88-38-22-18-34-78(88)82-54-50-72(60-92(82)96)98(68-46-44-64-42-40-62-24-12-14-30-74(62)84(64)56-68)70-48-52-80-76-32-16-20-36-86(76)94(3,4)90(80)58-70/h5-60H,1-4H3. The molecule has 0 radical (unpaired) electrons. The maximum atomic E-state index is 2.61. The summed E-state index contributed by atoms with van der Waals surface area (Å²) in [5, 5.41) is 9.82. The molecule has 0 saturated carbocycles. The van der Waals surface area contributed by atoms with E-state index in [0.29, 0.717) is 0 Å². The highest BCUT2D eigenvalue weighted by molar-refractivity contribution is 6.11. The molecule has 0 aromatic heterocycles. The van der Waals surface area contributed by atoms with E-state index in [2.05, 4.69) is 377 Å². The number of anilines is 6. The molecule has 2 unspecified atom stereocenters. The molecule has 0 heterocycles. The first kappa shape index (κ1) is 56.5. The average Bonchev–Trinajstić information content (AvgIpc) is 1.46. The Hall–Kier alpha value is -11.8. The van der Waals surface area contributed by atoms with Gasteiger partial charge in [-0.2, -0.15) is 0 Å². The first-order valence-electron chi connectivity index (χ1n) is 34.6. The minimum Gasteiger partial charge on any atom is -0.310 e.